The third-order valence-electron chi connectivity index (χ3n) is 4.71. The van der Waals surface area contributed by atoms with Crippen molar-refractivity contribution in [3.63, 3.8) is 0 Å². The molecule has 1 unspecified atom stereocenters. The van der Waals surface area contributed by atoms with Gasteiger partial charge in [-0.3, -0.25) is 19.1 Å². The number of ether oxygens (including phenoxy) is 2. The summed E-state index contributed by atoms with van der Waals surface area (Å²) in [6.07, 6.45) is 1.68. The molecule has 1 atom stereocenters. The standard InChI is InChI=1S/C20H26N4O5/c1-6-23-10-15(13(3)22-23)19(25)21-16-7-14(8-17(27-4)18(16)28-5)20(26)24-9-12(2)11-29-24/h7-8,10,12H,6,9,11H2,1-5H3,(H,21,25). The van der Waals surface area contributed by atoms with Crippen molar-refractivity contribution in [2.75, 3.05) is 32.7 Å². The molecule has 156 valence electrons. The Bertz CT molecular complexity index is 924. The molecule has 2 amide bonds. The van der Waals surface area contributed by atoms with Crippen LogP contribution in [-0.4, -0.2) is 54.0 Å². The van der Waals surface area contributed by atoms with E-state index >= 15 is 0 Å². The Morgan fingerprint density at radius 3 is 2.62 bits per heavy atom. The van der Waals surface area contributed by atoms with Gasteiger partial charge in [-0.05, 0) is 26.0 Å². The molecule has 0 spiro atoms. The van der Waals surface area contributed by atoms with Gasteiger partial charge in [0, 0.05) is 24.2 Å². The van der Waals surface area contributed by atoms with Crippen molar-refractivity contribution < 1.29 is 23.9 Å². The summed E-state index contributed by atoms with van der Waals surface area (Å²) in [6.45, 7) is 7.37. The zero-order valence-corrected chi connectivity index (χ0v) is 17.3. The molecule has 1 N–H and O–H groups in total. The highest BCUT2D eigenvalue weighted by Crippen LogP contribution is 2.37. The molecule has 0 saturated carbocycles. The molecule has 3 rings (SSSR count). The lowest BCUT2D eigenvalue weighted by molar-refractivity contribution is -0.0772. The summed E-state index contributed by atoms with van der Waals surface area (Å²) in [5.41, 5.74) is 1.72. The lowest BCUT2D eigenvalue weighted by atomic mass is 10.1. The first kappa shape index (κ1) is 20.7. The van der Waals surface area contributed by atoms with Gasteiger partial charge in [0.05, 0.1) is 44.3 Å². The molecule has 1 saturated heterocycles. The zero-order chi connectivity index (χ0) is 21.1. The fourth-order valence-electron chi connectivity index (χ4n) is 3.16. The van der Waals surface area contributed by atoms with Crippen LogP contribution < -0.4 is 14.8 Å². The summed E-state index contributed by atoms with van der Waals surface area (Å²) in [4.78, 5) is 31.1. The van der Waals surface area contributed by atoms with Gasteiger partial charge in [-0.15, -0.1) is 0 Å². The maximum atomic E-state index is 12.8. The number of hydroxylamine groups is 2. The highest BCUT2D eigenvalue weighted by molar-refractivity contribution is 6.07. The SMILES string of the molecule is CCn1cc(C(=O)Nc2cc(C(=O)N3CC(C)CO3)cc(OC)c2OC)c(C)n1. The van der Waals surface area contributed by atoms with Crippen LogP contribution in [0.1, 0.15) is 40.3 Å². The molecular formula is C20H26N4O5. The summed E-state index contributed by atoms with van der Waals surface area (Å²) in [7, 11) is 2.95. The highest BCUT2D eigenvalue weighted by atomic mass is 16.7. The summed E-state index contributed by atoms with van der Waals surface area (Å²) in [5.74, 6) is 0.269. The maximum absolute atomic E-state index is 12.8. The Labute approximate surface area is 169 Å². The average Bonchev–Trinajstić information content (AvgIpc) is 3.32. The van der Waals surface area contributed by atoms with Crippen LogP contribution in [0.2, 0.25) is 0 Å². The Balaban J connectivity index is 1.94. The van der Waals surface area contributed by atoms with E-state index in [0.29, 0.717) is 53.7 Å². The topological polar surface area (TPSA) is 94.9 Å². The molecule has 9 nitrogen and oxygen atoms in total. The third-order valence-corrected chi connectivity index (χ3v) is 4.71. The number of carbonyl (C=O) groups excluding carboxylic acids is 2. The van der Waals surface area contributed by atoms with E-state index in [1.807, 2.05) is 13.8 Å². The average molecular weight is 402 g/mol. The van der Waals surface area contributed by atoms with Gasteiger partial charge in [-0.2, -0.15) is 5.10 Å². The predicted molar refractivity (Wildman–Crippen MR) is 106 cm³/mol. The molecule has 9 heteroatoms. The number of hydrogen-bond acceptors (Lipinski definition) is 6. The second-order valence-corrected chi connectivity index (χ2v) is 6.96. The van der Waals surface area contributed by atoms with Crippen molar-refractivity contribution in [2.24, 2.45) is 5.92 Å². The van der Waals surface area contributed by atoms with Gasteiger partial charge < -0.3 is 14.8 Å². The minimum atomic E-state index is -0.349. The van der Waals surface area contributed by atoms with Crippen LogP contribution in [-0.2, 0) is 11.4 Å². The Kier molecular flexibility index (Phi) is 6.07. The number of nitrogens with zero attached hydrogens (tertiary/aromatic N) is 3. The van der Waals surface area contributed by atoms with Crippen molar-refractivity contribution in [3.8, 4) is 11.5 Å². The summed E-state index contributed by atoms with van der Waals surface area (Å²) < 4.78 is 12.5. The number of amides is 2. The number of aromatic nitrogens is 2. The van der Waals surface area contributed by atoms with Crippen LogP contribution in [0.15, 0.2) is 18.3 Å². The van der Waals surface area contributed by atoms with Crippen molar-refractivity contribution in [3.05, 3.63) is 35.2 Å². The van der Waals surface area contributed by atoms with Crippen molar-refractivity contribution in [1.29, 1.82) is 0 Å². The number of carbonyl (C=O) groups is 2. The van der Waals surface area contributed by atoms with E-state index in [1.165, 1.54) is 19.3 Å². The smallest absolute Gasteiger partial charge is 0.277 e. The molecule has 0 aliphatic carbocycles. The number of methoxy groups -OCH3 is 2. The number of nitrogens with one attached hydrogen (secondary N) is 1. The van der Waals surface area contributed by atoms with Crippen LogP contribution >= 0.6 is 0 Å². The normalized spacial score (nSPS) is 16.0. The molecule has 1 aromatic heterocycles. The summed E-state index contributed by atoms with van der Waals surface area (Å²) >= 11 is 0. The van der Waals surface area contributed by atoms with Crippen LogP contribution in [0.4, 0.5) is 5.69 Å². The Morgan fingerprint density at radius 2 is 2.07 bits per heavy atom. The van der Waals surface area contributed by atoms with Crippen molar-refractivity contribution >= 4 is 17.5 Å². The molecular weight excluding hydrogens is 376 g/mol. The molecule has 0 radical (unpaired) electrons. The molecule has 1 aliphatic heterocycles. The van der Waals surface area contributed by atoms with Gasteiger partial charge in [0.1, 0.15) is 0 Å². The van der Waals surface area contributed by atoms with Crippen LogP contribution in [0.3, 0.4) is 0 Å². The second-order valence-electron chi connectivity index (χ2n) is 6.96. The van der Waals surface area contributed by atoms with Gasteiger partial charge in [0.2, 0.25) is 0 Å². The van der Waals surface area contributed by atoms with Crippen molar-refractivity contribution in [2.45, 2.75) is 27.3 Å². The molecule has 29 heavy (non-hydrogen) atoms. The fraction of sp³-hybridized carbons (Fsp3) is 0.450. The van der Waals surface area contributed by atoms with Crippen molar-refractivity contribution in [1.82, 2.24) is 14.8 Å². The van der Waals surface area contributed by atoms with E-state index in [-0.39, 0.29) is 17.7 Å². The largest absolute Gasteiger partial charge is 0.493 e. The number of benzene rings is 1. The molecule has 1 aromatic carbocycles. The minimum absolute atomic E-state index is 0.261. The van der Waals surface area contributed by atoms with E-state index in [0.717, 1.165) is 0 Å². The minimum Gasteiger partial charge on any atom is -0.493 e. The van der Waals surface area contributed by atoms with Gasteiger partial charge in [0.15, 0.2) is 11.5 Å². The molecule has 2 heterocycles. The first-order valence-electron chi connectivity index (χ1n) is 9.44. The quantitative estimate of drug-likeness (QED) is 0.798. The first-order valence-corrected chi connectivity index (χ1v) is 9.44. The van der Waals surface area contributed by atoms with E-state index in [2.05, 4.69) is 10.4 Å². The zero-order valence-electron chi connectivity index (χ0n) is 17.3. The predicted octanol–water partition coefficient (Wildman–Crippen LogP) is 2.50. The Morgan fingerprint density at radius 1 is 1.31 bits per heavy atom. The monoisotopic (exact) mass is 402 g/mol. The first-order chi connectivity index (χ1) is 13.9. The number of hydrogen-bond donors (Lipinski definition) is 1. The van der Waals surface area contributed by atoms with E-state index < -0.39 is 0 Å². The van der Waals surface area contributed by atoms with E-state index in [4.69, 9.17) is 14.3 Å². The lowest BCUT2D eigenvalue weighted by Gasteiger charge is -2.18. The molecule has 0 bridgehead atoms. The van der Waals surface area contributed by atoms with Crippen LogP contribution in [0, 0.1) is 12.8 Å². The lowest BCUT2D eigenvalue weighted by Crippen LogP contribution is -2.27. The van der Waals surface area contributed by atoms with Crippen LogP contribution in [0.5, 0.6) is 11.5 Å². The fourth-order valence-corrected chi connectivity index (χ4v) is 3.16. The molecule has 1 aliphatic rings. The number of aryl methyl sites for hydroxylation is 2. The molecule has 2 aromatic rings. The summed E-state index contributed by atoms with van der Waals surface area (Å²) in [6, 6.07) is 3.14. The van der Waals surface area contributed by atoms with Gasteiger partial charge >= 0.3 is 0 Å². The number of rotatable bonds is 6. The second kappa shape index (κ2) is 8.52. The number of anilines is 1. The van der Waals surface area contributed by atoms with E-state index in [1.54, 1.807) is 29.9 Å². The summed E-state index contributed by atoms with van der Waals surface area (Å²) in [5, 5.41) is 8.44. The van der Waals surface area contributed by atoms with Gasteiger partial charge in [-0.25, -0.2) is 5.06 Å². The van der Waals surface area contributed by atoms with Gasteiger partial charge in [-0.1, -0.05) is 6.92 Å². The molecule has 1 fully saturated rings. The highest BCUT2D eigenvalue weighted by Gasteiger charge is 2.28. The maximum Gasteiger partial charge on any atom is 0.277 e. The van der Waals surface area contributed by atoms with Gasteiger partial charge in [0.25, 0.3) is 11.8 Å². The van der Waals surface area contributed by atoms with Crippen LogP contribution in [0.25, 0.3) is 0 Å². The van der Waals surface area contributed by atoms with E-state index in [9.17, 15) is 9.59 Å². The Hall–Kier alpha value is -3.07. The third kappa shape index (κ3) is 4.19.